The number of rotatable bonds is 4. The number of ketones is 1. The Bertz CT molecular complexity index is 872. The van der Waals surface area contributed by atoms with Crippen molar-refractivity contribution < 1.29 is 13.2 Å². The van der Waals surface area contributed by atoms with Gasteiger partial charge in [-0.25, -0.2) is 8.42 Å². The van der Waals surface area contributed by atoms with E-state index in [0.717, 1.165) is 11.3 Å². The molecule has 5 nitrogen and oxygen atoms in total. The number of hydrogen-bond donors (Lipinski definition) is 1. The van der Waals surface area contributed by atoms with E-state index in [-0.39, 0.29) is 23.8 Å². The largest absolute Gasteiger partial charge is 0.358 e. The molecule has 2 aromatic carbocycles. The standard InChI is InChI=1S/C18H18N2O3S/c1-14-7-9-18(10-8-14)24(22,23)20-12-16(11-17(21)13-20)19-15-5-3-2-4-6-15/h2-11,19H,12-13H2,1H3. The van der Waals surface area contributed by atoms with Crippen molar-refractivity contribution in [1.29, 1.82) is 0 Å². The Morgan fingerprint density at radius 2 is 1.62 bits per heavy atom. The molecule has 0 unspecified atom stereocenters. The summed E-state index contributed by atoms with van der Waals surface area (Å²) in [6.07, 6.45) is 1.47. The number of benzene rings is 2. The molecule has 1 aliphatic heterocycles. The van der Waals surface area contributed by atoms with Crippen LogP contribution in [-0.4, -0.2) is 31.6 Å². The zero-order valence-electron chi connectivity index (χ0n) is 13.3. The van der Waals surface area contributed by atoms with Gasteiger partial charge in [-0.2, -0.15) is 4.31 Å². The van der Waals surface area contributed by atoms with Crippen LogP contribution in [0.4, 0.5) is 5.69 Å². The van der Waals surface area contributed by atoms with Gasteiger partial charge in [0.2, 0.25) is 10.0 Å². The number of carbonyl (C=O) groups excluding carboxylic acids is 1. The number of hydrogen-bond acceptors (Lipinski definition) is 4. The van der Waals surface area contributed by atoms with Crippen molar-refractivity contribution in [3.8, 4) is 0 Å². The van der Waals surface area contributed by atoms with Crippen molar-refractivity contribution in [1.82, 2.24) is 4.31 Å². The highest BCUT2D eigenvalue weighted by molar-refractivity contribution is 7.89. The molecule has 0 atom stereocenters. The smallest absolute Gasteiger partial charge is 0.243 e. The van der Waals surface area contributed by atoms with E-state index in [2.05, 4.69) is 5.32 Å². The maximum atomic E-state index is 12.8. The molecule has 0 spiro atoms. The fourth-order valence-corrected chi connectivity index (χ4v) is 3.90. The van der Waals surface area contributed by atoms with Crippen LogP contribution in [0.1, 0.15) is 5.56 Å². The fraction of sp³-hybridized carbons (Fsp3) is 0.167. The minimum atomic E-state index is -3.71. The van der Waals surface area contributed by atoms with E-state index in [1.807, 2.05) is 37.3 Å². The molecule has 124 valence electrons. The highest BCUT2D eigenvalue weighted by Gasteiger charge is 2.30. The first-order valence-corrected chi connectivity index (χ1v) is 9.01. The molecule has 0 aromatic heterocycles. The number of carbonyl (C=O) groups is 1. The molecule has 1 heterocycles. The van der Waals surface area contributed by atoms with Crippen LogP contribution in [0.25, 0.3) is 0 Å². The van der Waals surface area contributed by atoms with Gasteiger partial charge in [0, 0.05) is 17.5 Å². The topological polar surface area (TPSA) is 66.5 Å². The number of aryl methyl sites for hydroxylation is 1. The molecular formula is C18H18N2O3S. The zero-order valence-corrected chi connectivity index (χ0v) is 14.1. The Morgan fingerprint density at radius 3 is 2.29 bits per heavy atom. The third-order valence-corrected chi connectivity index (χ3v) is 5.56. The molecule has 0 aliphatic carbocycles. The first kappa shape index (κ1) is 16.4. The Morgan fingerprint density at radius 1 is 0.958 bits per heavy atom. The average Bonchev–Trinajstić information content (AvgIpc) is 2.55. The van der Waals surface area contributed by atoms with Crippen molar-refractivity contribution in [3.05, 3.63) is 71.9 Å². The van der Waals surface area contributed by atoms with Crippen molar-refractivity contribution in [2.24, 2.45) is 0 Å². The van der Waals surface area contributed by atoms with E-state index >= 15 is 0 Å². The lowest BCUT2D eigenvalue weighted by Gasteiger charge is -2.26. The summed E-state index contributed by atoms with van der Waals surface area (Å²) in [6, 6.07) is 16.0. The second-order valence-electron chi connectivity index (χ2n) is 5.71. The van der Waals surface area contributed by atoms with Gasteiger partial charge in [-0.15, -0.1) is 0 Å². The first-order chi connectivity index (χ1) is 11.4. The van der Waals surface area contributed by atoms with E-state index in [0.29, 0.717) is 5.70 Å². The quantitative estimate of drug-likeness (QED) is 0.927. The Hall–Kier alpha value is -2.44. The summed E-state index contributed by atoms with van der Waals surface area (Å²) >= 11 is 0. The maximum absolute atomic E-state index is 12.8. The molecule has 6 heteroatoms. The van der Waals surface area contributed by atoms with Gasteiger partial charge < -0.3 is 5.32 Å². The lowest BCUT2D eigenvalue weighted by Crippen LogP contribution is -2.41. The molecule has 1 N–H and O–H groups in total. The van der Waals surface area contributed by atoms with Crippen LogP contribution in [0.2, 0.25) is 0 Å². The Labute approximate surface area is 141 Å². The Balaban J connectivity index is 1.83. The molecule has 3 rings (SSSR count). The molecule has 24 heavy (non-hydrogen) atoms. The Kier molecular flexibility index (Phi) is 4.51. The van der Waals surface area contributed by atoms with Crippen LogP contribution < -0.4 is 5.32 Å². The van der Waals surface area contributed by atoms with Gasteiger partial charge in [-0.05, 0) is 31.2 Å². The van der Waals surface area contributed by atoms with E-state index in [4.69, 9.17) is 0 Å². The molecule has 0 fully saturated rings. The van der Waals surface area contributed by atoms with Crippen molar-refractivity contribution in [2.45, 2.75) is 11.8 Å². The summed E-state index contributed by atoms with van der Waals surface area (Å²) in [5.74, 6) is -0.240. The number of nitrogens with one attached hydrogen (secondary N) is 1. The maximum Gasteiger partial charge on any atom is 0.243 e. The van der Waals surface area contributed by atoms with Crippen LogP contribution in [-0.2, 0) is 14.8 Å². The minimum absolute atomic E-state index is 0.136. The summed E-state index contributed by atoms with van der Waals surface area (Å²) in [6.45, 7) is 1.89. The monoisotopic (exact) mass is 342 g/mol. The summed E-state index contributed by atoms with van der Waals surface area (Å²) in [4.78, 5) is 12.2. The fourth-order valence-electron chi connectivity index (χ4n) is 2.52. The van der Waals surface area contributed by atoms with Crippen LogP contribution in [0.5, 0.6) is 0 Å². The van der Waals surface area contributed by atoms with Crippen LogP contribution in [0, 0.1) is 6.92 Å². The number of para-hydroxylation sites is 1. The summed E-state index contributed by atoms with van der Waals surface area (Å²) in [5.41, 5.74) is 2.36. The summed E-state index contributed by atoms with van der Waals surface area (Å²) in [7, 11) is -3.71. The number of nitrogens with zero attached hydrogens (tertiary/aromatic N) is 1. The van der Waals surface area contributed by atoms with Gasteiger partial charge >= 0.3 is 0 Å². The van der Waals surface area contributed by atoms with Gasteiger partial charge in [0.1, 0.15) is 0 Å². The molecule has 0 bridgehead atoms. The normalized spacial score (nSPS) is 15.9. The van der Waals surface area contributed by atoms with Gasteiger partial charge in [-0.3, -0.25) is 4.79 Å². The van der Waals surface area contributed by atoms with Crippen LogP contribution in [0.15, 0.2) is 71.3 Å². The molecule has 0 radical (unpaired) electrons. The van der Waals surface area contributed by atoms with Crippen molar-refractivity contribution in [2.75, 3.05) is 18.4 Å². The molecule has 0 saturated carbocycles. The van der Waals surface area contributed by atoms with Gasteiger partial charge in [0.15, 0.2) is 5.78 Å². The minimum Gasteiger partial charge on any atom is -0.358 e. The average molecular weight is 342 g/mol. The molecule has 2 aromatic rings. The third-order valence-electron chi connectivity index (χ3n) is 3.75. The molecule has 1 aliphatic rings. The van der Waals surface area contributed by atoms with Crippen molar-refractivity contribution in [3.63, 3.8) is 0 Å². The number of anilines is 1. The van der Waals surface area contributed by atoms with Gasteiger partial charge in [0.05, 0.1) is 18.0 Å². The second kappa shape index (κ2) is 6.59. The van der Waals surface area contributed by atoms with Gasteiger partial charge in [-0.1, -0.05) is 35.9 Å². The predicted molar refractivity (Wildman–Crippen MR) is 93.1 cm³/mol. The van der Waals surface area contributed by atoms with E-state index in [9.17, 15) is 13.2 Å². The number of sulfonamides is 1. The van der Waals surface area contributed by atoms with Crippen molar-refractivity contribution >= 4 is 21.5 Å². The van der Waals surface area contributed by atoms with E-state index in [1.54, 1.807) is 24.3 Å². The molecule has 0 amide bonds. The predicted octanol–water partition coefficient (Wildman–Crippen LogP) is 2.56. The SMILES string of the molecule is Cc1ccc(S(=O)(=O)N2CC(=O)C=C(Nc3ccccc3)C2)cc1. The van der Waals surface area contributed by atoms with E-state index in [1.165, 1.54) is 10.4 Å². The molecule has 0 saturated heterocycles. The lowest BCUT2D eigenvalue weighted by molar-refractivity contribution is -0.115. The highest BCUT2D eigenvalue weighted by atomic mass is 32.2. The second-order valence-corrected chi connectivity index (χ2v) is 7.65. The van der Waals surface area contributed by atoms with Crippen LogP contribution in [0.3, 0.4) is 0 Å². The summed E-state index contributed by atoms with van der Waals surface area (Å²) < 4.78 is 26.7. The van der Waals surface area contributed by atoms with Crippen LogP contribution >= 0.6 is 0 Å². The molecular weight excluding hydrogens is 324 g/mol. The zero-order chi connectivity index (χ0) is 17.2. The van der Waals surface area contributed by atoms with E-state index < -0.39 is 10.0 Å². The summed E-state index contributed by atoms with van der Waals surface area (Å²) in [5, 5.41) is 3.11. The lowest BCUT2D eigenvalue weighted by atomic mass is 10.2. The first-order valence-electron chi connectivity index (χ1n) is 7.57. The highest BCUT2D eigenvalue weighted by Crippen LogP contribution is 2.21. The third kappa shape index (κ3) is 3.55. The van der Waals surface area contributed by atoms with Gasteiger partial charge in [0.25, 0.3) is 0 Å².